The van der Waals surface area contributed by atoms with Crippen LogP contribution in [0.1, 0.15) is 26.7 Å². The van der Waals surface area contributed by atoms with Crippen molar-refractivity contribution in [2.24, 2.45) is 5.41 Å². The fraction of sp³-hybridized carbons (Fsp3) is 0.533. The lowest BCUT2D eigenvalue weighted by molar-refractivity contribution is -0.116. The first kappa shape index (κ1) is 13.9. The van der Waals surface area contributed by atoms with Crippen LogP contribution in [-0.2, 0) is 4.79 Å². The number of rotatable bonds is 4. The molecule has 19 heavy (non-hydrogen) atoms. The number of nitrogens with two attached hydrogens (primary N) is 1. The summed E-state index contributed by atoms with van der Waals surface area (Å²) in [4.78, 5) is 14.2. The topological polar surface area (TPSA) is 58.4 Å². The van der Waals surface area contributed by atoms with Crippen molar-refractivity contribution in [3.05, 3.63) is 24.3 Å². The van der Waals surface area contributed by atoms with Gasteiger partial charge in [-0.25, -0.2) is 0 Å². The van der Waals surface area contributed by atoms with Crippen LogP contribution in [0.15, 0.2) is 24.3 Å². The van der Waals surface area contributed by atoms with Crippen molar-refractivity contribution in [2.75, 3.05) is 30.7 Å². The summed E-state index contributed by atoms with van der Waals surface area (Å²) in [5.41, 5.74) is 7.50. The average molecular weight is 261 g/mol. The van der Waals surface area contributed by atoms with E-state index in [2.05, 4.69) is 24.1 Å². The van der Waals surface area contributed by atoms with Gasteiger partial charge in [-0.1, -0.05) is 26.0 Å². The quantitative estimate of drug-likeness (QED) is 0.818. The molecule has 104 valence electrons. The van der Waals surface area contributed by atoms with Crippen molar-refractivity contribution in [3.8, 4) is 0 Å². The Morgan fingerprint density at radius 3 is 2.79 bits per heavy atom. The number of hydrogen-bond donors (Lipinski definition) is 2. The Morgan fingerprint density at radius 1 is 1.42 bits per heavy atom. The van der Waals surface area contributed by atoms with E-state index in [4.69, 9.17) is 5.73 Å². The summed E-state index contributed by atoms with van der Waals surface area (Å²) in [7, 11) is 0. The summed E-state index contributed by atoms with van der Waals surface area (Å²) in [5, 5.41) is 2.86. The van der Waals surface area contributed by atoms with Gasteiger partial charge >= 0.3 is 0 Å². The molecule has 1 aliphatic heterocycles. The van der Waals surface area contributed by atoms with E-state index in [1.54, 1.807) is 6.07 Å². The molecule has 0 radical (unpaired) electrons. The third kappa shape index (κ3) is 3.96. The molecule has 1 amide bonds. The molecule has 1 heterocycles. The number of nitrogens with zero attached hydrogens (tertiary/aromatic N) is 1. The molecule has 0 aromatic heterocycles. The summed E-state index contributed by atoms with van der Waals surface area (Å²) in [5.74, 6) is 0.0302. The molecule has 0 atom stereocenters. The van der Waals surface area contributed by atoms with Gasteiger partial charge in [0, 0.05) is 19.5 Å². The van der Waals surface area contributed by atoms with E-state index in [0.717, 1.165) is 19.6 Å². The van der Waals surface area contributed by atoms with Crippen LogP contribution >= 0.6 is 0 Å². The second-order valence-electron chi connectivity index (χ2n) is 6.08. The van der Waals surface area contributed by atoms with E-state index >= 15 is 0 Å². The van der Waals surface area contributed by atoms with Gasteiger partial charge < -0.3 is 16.0 Å². The molecule has 2 rings (SSSR count). The average Bonchev–Trinajstić information content (AvgIpc) is 2.69. The summed E-state index contributed by atoms with van der Waals surface area (Å²) in [6.45, 7) is 7.54. The number of benzene rings is 1. The fourth-order valence-electron chi connectivity index (χ4n) is 2.50. The first-order chi connectivity index (χ1) is 8.96. The Labute approximate surface area is 115 Å². The van der Waals surface area contributed by atoms with Gasteiger partial charge in [-0.2, -0.15) is 0 Å². The molecule has 3 N–H and O–H groups in total. The summed E-state index contributed by atoms with van der Waals surface area (Å²) >= 11 is 0. The minimum absolute atomic E-state index is 0.0302. The summed E-state index contributed by atoms with van der Waals surface area (Å²) < 4.78 is 0. The molecule has 1 saturated heterocycles. The molecule has 1 aromatic rings. The van der Waals surface area contributed by atoms with Crippen LogP contribution in [0, 0.1) is 5.41 Å². The minimum atomic E-state index is 0.0302. The van der Waals surface area contributed by atoms with Gasteiger partial charge in [0.2, 0.25) is 5.91 Å². The largest absolute Gasteiger partial charge is 0.397 e. The van der Waals surface area contributed by atoms with Crippen LogP contribution in [-0.4, -0.2) is 30.4 Å². The van der Waals surface area contributed by atoms with E-state index in [9.17, 15) is 4.79 Å². The molecule has 0 spiro atoms. The van der Waals surface area contributed by atoms with E-state index in [0.29, 0.717) is 23.2 Å². The second kappa shape index (κ2) is 5.61. The zero-order chi connectivity index (χ0) is 13.9. The molecule has 0 saturated carbocycles. The van der Waals surface area contributed by atoms with Crippen LogP contribution in [0.4, 0.5) is 11.4 Å². The molecule has 1 aliphatic rings. The van der Waals surface area contributed by atoms with Gasteiger partial charge in [0.15, 0.2) is 0 Å². The number of carbonyl (C=O) groups excluding carboxylic acids is 1. The number of carbonyl (C=O) groups is 1. The number of likely N-dealkylation sites (tertiary alicyclic amines) is 1. The van der Waals surface area contributed by atoms with Crippen LogP contribution in [0.25, 0.3) is 0 Å². The number of nitrogens with one attached hydrogen (secondary N) is 1. The highest BCUT2D eigenvalue weighted by Gasteiger charge is 2.28. The number of anilines is 2. The van der Waals surface area contributed by atoms with Gasteiger partial charge in [0.25, 0.3) is 0 Å². The van der Waals surface area contributed by atoms with Gasteiger partial charge in [-0.05, 0) is 30.5 Å². The van der Waals surface area contributed by atoms with Crippen LogP contribution in [0.3, 0.4) is 0 Å². The predicted molar refractivity (Wildman–Crippen MR) is 78.9 cm³/mol. The van der Waals surface area contributed by atoms with E-state index in [-0.39, 0.29) is 5.91 Å². The fourth-order valence-corrected chi connectivity index (χ4v) is 2.50. The van der Waals surface area contributed by atoms with Crippen molar-refractivity contribution in [1.82, 2.24) is 4.90 Å². The van der Waals surface area contributed by atoms with Crippen LogP contribution in [0.2, 0.25) is 0 Å². The molecular formula is C15H23N3O. The summed E-state index contributed by atoms with van der Waals surface area (Å²) in [6.07, 6.45) is 1.73. The Balaban J connectivity index is 1.78. The van der Waals surface area contributed by atoms with E-state index in [1.807, 2.05) is 18.2 Å². The van der Waals surface area contributed by atoms with E-state index in [1.165, 1.54) is 6.42 Å². The number of nitrogen functional groups attached to an aromatic ring is 1. The first-order valence-electron chi connectivity index (χ1n) is 6.83. The maximum Gasteiger partial charge on any atom is 0.225 e. The Bertz CT molecular complexity index is 456. The molecule has 1 fully saturated rings. The Hall–Kier alpha value is -1.55. The molecule has 4 nitrogen and oxygen atoms in total. The highest BCUT2D eigenvalue weighted by atomic mass is 16.1. The van der Waals surface area contributed by atoms with Gasteiger partial charge in [0.05, 0.1) is 11.4 Å². The third-order valence-electron chi connectivity index (χ3n) is 3.65. The monoisotopic (exact) mass is 261 g/mol. The van der Waals surface area contributed by atoms with Gasteiger partial charge in [-0.15, -0.1) is 0 Å². The van der Waals surface area contributed by atoms with Crippen molar-refractivity contribution >= 4 is 17.3 Å². The molecular weight excluding hydrogens is 238 g/mol. The Morgan fingerprint density at radius 2 is 2.16 bits per heavy atom. The van der Waals surface area contributed by atoms with Crippen molar-refractivity contribution in [2.45, 2.75) is 26.7 Å². The second-order valence-corrected chi connectivity index (χ2v) is 6.08. The van der Waals surface area contributed by atoms with Crippen LogP contribution < -0.4 is 11.1 Å². The highest BCUT2D eigenvalue weighted by Crippen LogP contribution is 2.28. The predicted octanol–water partition coefficient (Wildman–Crippen LogP) is 2.33. The smallest absolute Gasteiger partial charge is 0.225 e. The van der Waals surface area contributed by atoms with E-state index < -0.39 is 0 Å². The maximum absolute atomic E-state index is 11.9. The van der Waals surface area contributed by atoms with Crippen molar-refractivity contribution in [3.63, 3.8) is 0 Å². The standard InChI is InChI=1S/C15H23N3O/c1-15(2)8-10-18(11-15)9-7-14(19)17-13-6-4-3-5-12(13)16/h3-6H,7-11,16H2,1-2H3,(H,17,19). The van der Waals surface area contributed by atoms with Gasteiger partial charge in [-0.3, -0.25) is 4.79 Å². The SMILES string of the molecule is CC1(C)CCN(CCC(=O)Nc2ccccc2N)C1. The first-order valence-corrected chi connectivity index (χ1v) is 6.83. The summed E-state index contributed by atoms with van der Waals surface area (Å²) in [6, 6.07) is 7.34. The van der Waals surface area contributed by atoms with Crippen molar-refractivity contribution < 1.29 is 4.79 Å². The lowest BCUT2D eigenvalue weighted by Gasteiger charge is -2.19. The zero-order valence-corrected chi connectivity index (χ0v) is 11.8. The molecule has 1 aromatic carbocycles. The number of hydrogen-bond acceptors (Lipinski definition) is 3. The maximum atomic E-state index is 11.9. The van der Waals surface area contributed by atoms with Crippen molar-refractivity contribution in [1.29, 1.82) is 0 Å². The highest BCUT2D eigenvalue weighted by molar-refractivity contribution is 5.93. The zero-order valence-electron chi connectivity index (χ0n) is 11.8. The normalized spacial score (nSPS) is 18.4. The molecule has 0 bridgehead atoms. The molecule has 0 aliphatic carbocycles. The lowest BCUT2D eigenvalue weighted by atomic mass is 9.93. The Kier molecular flexibility index (Phi) is 4.10. The number of para-hydroxylation sites is 2. The van der Waals surface area contributed by atoms with Gasteiger partial charge in [0.1, 0.15) is 0 Å². The molecule has 0 unspecified atom stereocenters. The van der Waals surface area contributed by atoms with Crippen LogP contribution in [0.5, 0.6) is 0 Å². The molecule has 4 heteroatoms. The minimum Gasteiger partial charge on any atom is -0.397 e. The lowest BCUT2D eigenvalue weighted by Crippen LogP contribution is -2.27. The third-order valence-corrected chi connectivity index (χ3v) is 3.65. The number of amides is 1.